The lowest BCUT2D eigenvalue weighted by Crippen LogP contribution is -2.13. The van der Waals surface area contributed by atoms with E-state index in [4.69, 9.17) is 4.74 Å². The minimum absolute atomic E-state index is 0. The fourth-order valence-corrected chi connectivity index (χ4v) is 1.97. The zero-order chi connectivity index (χ0) is 14.4. The smallest absolute Gasteiger partial charge is 0.269 e. The molecule has 0 unspecified atom stereocenters. The van der Waals surface area contributed by atoms with Crippen molar-refractivity contribution in [2.24, 2.45) is 0 Å². The van der Waals surface area contributed by atoms with Crippen LogP contribution in [-0.4, -0.2) is 12.0 Å². The maximum atomic E-state index is 10.7. The van der Waals surface area contributed by atoms with E-state index in [1.165, 1.54) is 6.07 Å². The van der Waals surface area contributed by atoms with E-state index in [0.29, 0.717) is 13.1 Å². The number of ether oxygens (including phenoxy) is 1. The van der Waals surface area contributed by atoms with Gasteiger partial charge in [-0.2, -0.15) is 0 Å². The SMILES string of the molecule is Br.COc1ccccc1CNCc1cccc([N+](=O)[O-])c1. The Balaban J connectivity index is 0.00000220. The number of para-hydroxylation sites is 1. The Morgan fingerprint density at radius 2 is 1.90 bits per heavy atom. The molecule has 0 heterocycles. The van der Waals surface area contributed by atoms with Crippen LogP contribution in [0.15, 0.2) is 48.5 Å². The number of nitro benzene ring substituents is 1. The zero-order valence-electron chi connectivity index (χ0n) is 11.6. The third kappa shape index (κ3) is 4.84. The fourth-order valence-electron chi connectivity index (χ4n) is 1.97. The molecule has 2 rings (SSSR count). The van der Waals surface area contributed by atoms with Gasteiger partial charge in [-0.15, -0.1) is 17.0 Å². The van der Waals surface area contributed by atoms with Gasteiger partial charge < -0.3 is 10.1 Å². The molecular formula is C15H17BrN2O3. The second-order valence-corrected chi connectivity index (χ2v) is 4.34. The van der Waals surface area contributed by atoms with Crippen molar-refractivity contribution in [3.05, 3.63) is 69.8 Å². The molecule has 0 aromatic heterocycles. The molecule has 0 aliphatic carbocycles. The monoisotopic (exact) mass is 352 g/mol. The van der Waals surface area contributed by atoms with E-state index in [1.54, 1.807) is 19.2 Å². The molecular weight excluding hydrogens is 336 g/mol. The number of nitro groups is 1. The van der Waals surface area contributed by atoms with Crippen LogP contribution in [0.3, 0.4) is 0 Å². The number of hydrogen-bond acceptors (Lipinski definition) is 4. The van der Waals surface area contributed by atoms with Crippen molar-refractivity contribution in [1.29, 1.82) is 0 Å². The molecule has 5 nitrogen and oxygen atoms in total. The van der Waals surface area contributed by atoms with Gasteiger partial charge in [-0.25, -0.2) is 0 Å². The minimum atomic E-state index is -0.385. The highest BCUT2D eigenvalue weighted by Gasteiger charge is 2.06. The lowest BCUT2D eigenvalue weighted by Gasteiger charge is -2.09. The van der Waals surface area contributed by atoms with Crippen LogP contribution in [0, 0.1) is 10.1 Å². The van der Waals surface area contributed by atoms with Gasteiger partial charge in [0.2, 0.25) is 0 Å². The van der Waals surface area contributed by atoms with Gasteiger partial charge in [0.25, 0.3) is 5.69 Å². The van der Waals surface area contributed by atoms with Crippen molar-refractivity contribution < 1.29 is 9.66 Å². The molecule has 0 amide bonds. The Kier molecular flexibility index (Phi) is 6.84. The summed E-state index contributed by atoms with van der Waals surface area (Å²) in [7, 11) is 1.64. The number of benzene rings is 2. The second kappa shape index (κ2) is 8.39. The first kappa shape index (κ1) is 17.1. The number of hydrogen-bond donors (Lipinski definition) is 1. The van der Waals surface area contributed by atoms with Crippen LogP contribution < -0.4 is 10.1 Å². The predicted molar refractivity (Wildman–Crippen MR) is 87.0 cm³/mol. The average molecular weight is 353 g/mol. The van der Waals surface area contributed by atoms with E-state index in [1.807, 2.05) is 30.3 Å². The van der Waals surface area contributed by atoms with Gasteiger partial charge in [0.15, 0.2) is 0 Å². The molecule has 0 spiro atoms. The Bertz CT molecular complexity index is 605. The van der Waals surface area contributed by atoms with Crippen molar-refractivity contribution in [2.45, 2.75) is 13.1 Å². The minimum Gasteiger partial charge on any atom is -0.496 e. The maximum absolute atomic E-state index is 10.7. The summed E-state index contributed by atoms with van der Waals surface area (Å²) in [5.74, 6) is 0.832. The van der Waals surface area contributed by atoms with Crippen molar-refractivity contribution >= 4 is 22.7 Å². The normalized spacial score (nSPS) is 9.76. The van der Waals surface area contributed by atoms with Gasteiger partial charge in [-0.3, -0.25) is 10.1 Å². The summed E-state index contributed by atoms with van der Waals surface area (Å²) in [6.07, 6.45) is 0. The summed E-state index contributed by atoms with van der Waals surface area (Å²) >= 11 is 0. The van der Waals surface area contributed by atoms with Crippen LogP contribution in [0.5, 0.6) is 5.75 Å². The van der Waals surface area contributed by atoms with Gasteiger partial charge >= 0.3 is 0 Å². The van der Waals surface area contributed by atoms with Crippen LogP contribution in [0.4, 0.5) is 5.69 Å². The number of halogens is 1. The predicted octanol–water partition coefficient (Wildman–Crippen LogP) is 3.47. The highest BCUT2D eigenvalue weighted by Crippen LogP contribution is 2.17. The molecule has 0 atom stereocenters. The van der Waals surface area contributed by atoms with Gasteiger partial charge in [0.1, 0.15) is 5.75 Å². The van der Waals surface area contributed by atoms with E-state index in [0.717, 1.165) is 16.9 Å². The Labute approximate surface area is 133 Å². The van der Waals surface area contributed by atoms with Gasteiger partial charge in [-0.05, 0) is 11.6 Å². The molecule has 6 heteroatoms. The van der Waals surface area contributed by atoms with Crippen LogP contribution in [-0.2, 0) is 13.1 Å². The molecule has 2 aromatic carbocycles. The first-order chi connectivity index (χ1) is 9.70. The van der Waals surface area contributed by atoms with Crippen LogP contribution in [0.2, 0.25) is 0 Å². The second-order valence-electron chi connectivity index (χ2n) is 4.34. The molecule has 0 aliphatic heterocycles. The number of non-ortho nitro benzene ring substituents is 1. The molecule has 1 N–H and O–H groups in total. The van der Waals surface area contributed by atoms with E-state index in [2.05, 4.69) is 5.32 Å². The van der Waals surface area contributed by atoms with Crippen molar-refractivity contribution in [3.63, 3.8) is 0 Å². The molecule has 21 heavy (non-hydrogen) atoms. The quantitative estimate of drug-likeness (QED) is 0.638. The summed E-state index contributed by atoms with van der Waals surface area (Å²) in [4.78, 5) is 10.3. The average Bonchev–Trinajstić information content (AvgIpc) is 2.48. The summed E-state index contributed by atoms with van der Waals surface area (Å²) in [6.45, 7) is 1.21. The Morgan fingerprint density at radius 1 is 1.14 bits per heavy atom. The molecule has 0 bridgehead atoms. The molecule has 0 saturated carbocycles. The van der Waals surface area contributed by atoms with Gasteiger partial charge in [0, 0.05) is 30.8 Å². The van der Waals surface area contributed by atoms with Crippen molar-refractivity contribution in [2.75, 3.05) is 7.11 Å². The third-order valence-electron chi connectivity index (χ3n) is 2.96. The van der Waals surface area contributed by atoms with E-state index < -0.39 is 0 Å². The number of nitrogens with zero attached hydrogens (tertiary/aromatic N) is 1. The largest absolute Gasteiger partial charge is 0.496 e. The molecule has 0 fully saturated rings. The summed E-state index contributed by atoms with van der Waals surface area (Å²) < 4.78 is 5.27. The molecule has 0 aliphatic rings. The highest BCUT2D eigenvalue weighted by molar-refractivity contribution is 8.93. The Hall–Kier alpha value is -1.92. The fraction of sp³-hybridized carbons (Fsp3) is 0.200. The van der Waals surface area contributed by atoms with Crippen LogP contribution in [0.25, 0.3) is 0 Å². The van der Waals surface area contributed by atoms with E-state index in [-0.39, 0.29) is 27.6 Å². The van der Waals surface area contributed by atoms with E-state index in [9.17, 15) is 10.1 Å². The molecule has 0 saturated heterocycles. The molecule has 112 valence electrons. The summed E-state index contributed by atoms with van der Waals surface area (Å²) in [6, 6.07) is 14.4. The number of methoxy groups -OCH3 is 1. The maximum Gasteiger partial charge on any atom is 0.269 e. The Morgan fingerprint density at radius 3 is 2.62 bits per heavy atom. The zero-order valence-corrected chi connectivity index (χ0v) is 13.3. The highest BCUT2D eigenvalue weighted by atomic mass is 79.9. The summed E-state index contributed by atoms with van der Waals surface area (Å²) in [5.41, 5.74) is 2.05. The van der Waals surface area contributed by atoms with Crippen molar-refractivity contribution in [1.82, 2.24) is 5.32 Å². The summed E-state index contributed by atoms with van der Waals surface area (Å²) in [5, 5.41) is 14.0. The van der Waals surface area contributed by atoms with Gasteiger partial charge in [0.05, 0.1) is 12.0 Å². The lowest BCUT2D eigenvalue weighted by molar-refractivity contribution is -0.384. The first-order valence-electron chi connectivity index (χ1n) is 6.26. The number of rotatable bonds is 6. The standard InChI is InChI=1S/C15H16N2O3.BrH/c1-20-15-8-3-2-6-13(15)11-16-10-12-5-4-7-14(9-12)17(18)19;/h2-9,16H,10-11H2,1H3;1H. The lowest BCUT2D eigenvalue weighted by atomic mass is 10.1. The number of nitrogens with one attached hydrogen (secondary N) is 1. The topological polar surface area (TPSA) is 64.4 Å². The first-order valence-corrected chi connectivity index (χ1v) is 6.26. The van der Waals surface area contributed by atoms with Crippen molar-refractivity contribution in [3.8, 4) is 5.75 Å². The molecule has 0 radical (unpaired) electrons. The van der Waals surface area contributed by atoms with Crippen LogP contribution in [0.1, 0.15) is 11.1 Å². The third-order valence-corrected chi connectivity index (χ3v) is 2.96. The van der Waals surface area contributed by atoms with E-state index >= 15 is 0 Å². The van der Waals surface area contributed by atoms with Gasteiger partial charge in [-0.1, -0.05) is 30.3 Å². The van der Waals surface area contributed by atoms with Crippen LogP contribution >= 0.6 is 17.0 Å². The molecule has 2 aromatic rings.